The molecule has 0 aliphatic heterocycles. The Labute approximate surface area is 170 Å². The van der Waals surface area contributed by atoms with Crippen LogP contribution in [0.4, 0.5) is 5.69 Å². The van der Waals surface area contributed by atoms with Crippen LogP contribution in [0.25, 0.3) is 0 Å². The summed E-state index contributed by atoms with van der Waals surface area (Å²) in [6, 6.07) is 0. The lowest BCUT2D eigenvalue weighted by atomic mass is 10.1. The van der Waals surface area contributed by atoms with Crippen molar-refractivity contribution in [1.82, 2.24) is 4.90 Å². The molecule has 0 bridgehead atoms. The summed E-state index contributed by atoms with van der Waals surface area (Å²) in [6.07, 6.45) is 1.17. The number of anilines is 1. The quantitative estimate of drug-likeness (QED) is 0.442. The highest BCUT2D eigenvalue weighted by atomic mass is 32.1. The molecule has 1 aromatic rings. The van der Waals surface area contributed by atoms with E-state index in [1.807, 2.05) is 55.4 Å². The van der Waals surface area contributed by atoms with Crippen LogP contribution in [0.1, 0.15) is 81.2 Å². The third kappa shape index (κ3) is 12.6. The maximum Gasteiger partial charge on any atom is 0.0797 e. The highest BCUT2D eigenvalue weighted by Gasteiger charge is 2.14. The third-order valence-electron chi connectivity index (χ3n) is 3.36. The zero-order chi connectivity index (χ0) is 21.0. The monoisotopic (exact) mass is 390 g/mol. The summed E-state index contributed by atoms with van der Waals surface area (Å²) in [6.45, 7) is 26.9. The van der Waals surface area contributed by atoms with Gasteiger partial charge in [0.05, 0.1) is 14.7 Å². The largest absolute Gasteiger partial charge is 0.373 e. The molecule has 4 heteroatoms. The summed E-state index contributed by atoms with van der Waals surface area (Å²) >= 11 is 10.5. The van der Waals surface area contributed by atoms with Gasteiger partial charge >= 0.3 is 0 Å². The van der Waals surface area contributed by atoms with Gasteiger partial charge in [-0.3, -0.25) is 0 Å². The maximum atomic E-state index is 5.28. The number of hydrogen-bond acceptors (Lipinski definition) is 4. The SMILES string of the molecule is CC.CC.CC.CC.CCN(CC)CCCN(C)c1c(C)c(=S)c1=S. The fraction of sp³-hybridized carbons (Fsp3) is 0.810. The van der Waals surface area contributed by atoms with Gasteiger partial charge in [-0.1, -0.05) is 93.7 Å². The van der Waals surface area contributed by atoms with Gasteiger partial charge in [0.1, 0.15) is 0 Å². The molecule has 0 spiro atoms. The predicted molar refractivity (Wildman–Crippen MR) is 126 cm³/mol. The second-order valence-electron chi connectivity index (χ2n) is 4.43. The highest BCUT2D eigenvalue weighted by molar-refractivity contribution is 7.74. The summed E-state index contributed by atoms with van der Waals surface area (Å²) in [4.78, 5) is 4.69. The van der Waals surface area contributed by atoms with Crippen molar-refractivity contribution in [2.24, 2.45) is 0 Å². The van der Waals surface area contributed by atoms with Gasteiger partial charge in [-0.25, -0.2) is 0 Å². The molecular formula is C21H46N2S2. The minimum Gasteiger partial charge on any atom is -0.373 e. The zero-order valence-electron chi connectivity index (χ0n) is 19.2. The van der Waals surface area contributed by atoms with Crippen LogP contribution in [-0.2, 0) is 0 Å². The molecule has 0 radical (unpaired) electrons. The van der Waals surface area contributed by atoms with E-state index in [4.69, 9.17) is 24.4 Å². The summed E-state index contributed by atoms with van der Waals surface area (Å²) in [5.74, 6) is 0. The van der Waals surface area contributed by atoms with E-state index in [1.165, 1.54) is 17.7 Å². The van der Waals surface area contributed by atoms with Crippen molar-refractivity contribution in [3.63, 3.8) is 0 Å². The summed E-state index contributed by atoms with van der Waals surface area (Å²) in [7, 11) is 2.11. The molecule has 0 fully saturated rings. The maximum absolute atomic E-state index is 5.28. The molecule has 1 rings (SSSR count). The first-order valence-electron chi connectivity index (χ1n) is 10.3. The van der Waals surface area contributed by atoms with E-state index in [1.54, 1.807) is 0 Å². The van der Waals surface area contributed by atoms with E-state index in [0.717, 1.165) is 35.2 Å². The molecular weight excluding hydrogens is 344 g/mol. The molecule has 1 aromatic carbocycles. The van der Waals surface area contributed by atoms with Crippen LogP contribution in [0, 0.1) is 15.9 Å². The summed E-state index contributed by atoms with van der Waals surface area (Å²) in [5.41, 5.74) is 2.37. The zero-order valence-corrected chi connectivity index (χ0v) is 20.9. The first-order chi connectivity index (χ1) is 12.0. The molecule has 0 heterocycles. The number of hydrogen-bond donors (Lipinski definition) is 0. The van der Waals surface area contributed by atoms with Gasteiger partial charge in [-0.2, -0.15) is 0 Å². The van der Waals surface area contributed by atoms with Gasteiger partial charge in [0.2, 0.25) is 0 Å². The molecule has 0 amide bonds. The van der Waals surface area contributed by atoms with Crippen LogP contribution in [-0.4, -0.2) is 38.1 Å². The lowest BCUT2D eigenvalue weighted by Crippen LogP contribution is -2.29. The molecule has 0 aromatic heterocycles. The van der Waals surface area contributed by atoms with Crippen LogP contribution in [0.15, 0.2) is 0 Å². The van der Waals surface area contributed by atoms with Crippen molar-refractivity contribution in [3.05, 3.63) is 14.6 Å². The van der Waals surface area contributed by atoms with Gasteiger partial charge in [-0.15, -0.1) is 0 Å². The van der Waals surface area contributed by atoms with E-state index in [2.05, 4.69) is 37.6 Å². The Morgan fingerprint density at radius 1 is 0.720 bits per heavy atom. The van der Waals surface area contributed by atoms with Crippen LogP contribution < -0.4 is 4.90 Å². The minimum absolute atomic E-state index is 0.878. The predicted octanol–water partition coefficient (Wildman–Crippen LogP) is 7.60. The number of nitrogens with zero attached hydrogens (tertiary/aromatic N) is 2. The molecule has 152 valence electrons. The fourth-order valence-corrected chi connectivity index (χ4v) is 2.79. The molecule has 0 aliphatic carbocycles. The average Bonchev–Trinajstić information content (AvgIpc) is 2.71. The Morgan fingerprint density at radius 3 is 1.44 bits per heavy atom. The first kappa shape index (κ1) is 32.4. The van der Waals surface area contributed by atoms with E-state index in [-0.39, 0.29) is 0 Å². The van der Waals surface area contributed by atoms with Crippen molar-refractivity contribution in [2.45, 2.75) is 82.6 Å². The highest BCUT2D eigenvalue weighted by Crippen LogP contribution is 2.28. The first-order valence-corrected chi connectivity index (χ1v) is 11.1. The Morgan fingerprint density at radius 2 is 1.12 bits per heavy atom. The third-order valence-corrected chi connectivity index (χ3v) is 4.40. The second kappa shape index (κ2) is 23.7. The molecule has 0 saturated heterocycles. The summed E-state index contributed by atoms with van der Waals surface area (Å²) < 4.78 is 1.76. The smallest absolute Gasteiger partial charge is 0.0797 e. The molecule has 0 aliphatic rings. The normalized spacial score (nSPS) is 8.68. The fourth-order valence-electron chi connectivity index (χ4n) is 2.14. The van der Waals surface area contributed by atoms with Crippen LogP contribution in [0.2, 0.25) is 0 Å². The molecule has 0 N–H and O–H groups in total. The standard InChI is InChI=1S/C13H22N2S2.4C2H6/c1-5-15(6-2)9-7-8-14(4)11-10(3)12(16)13(11)17;4*1-2/h5-9H2,1-4H3;4*1-2H3. The van der Waals surface area contributed by atoms with Crippen molar-refractivity contribution < 1.29 is 0 Å². The van der Waals surface area contributed by atoms with Crippen LogP contribution >= 0.6 is 24.4 Å². The number of rotatable bonds is 7. The molecule has 0 atom stereocenters. The average molecular weight is 391 g/mol. The van der Waals surface area contributed by atoms with Gasteiger partial charge in [-0.05, 0) is 38.5 Å². The van der Waals surface area contributed by atoms with E-state index < -0.39 is 0 Å². The molecule has 2 nitrogen and oxygen atoms in total. The second-order valence-corrected chi connectivity index (χ2v) is 5.25. The van der Waals surface area contributed by atoms with Crippen molar-refractivity contribution in [1.29, 1.82) is 0 Å². The Balaban J connectivity index is -0.000000241. The Bertz CT molecular complexity index is 431. The van der Waals surface area contributed by atoms with Gasteiger partial charge in [0, 0.05) is 13.6 Å². The van der Waals surface area contributed by atoms with Crippen molar-refractivity contribution >= 4 is 30.1 Å². The van der Waals surface area contributed by atoms with Gasteiger partial charge < -0.3 is 9.80 Å². The Kier molecular flexibility index (Phi) is 30.7. The molecule has 25 heavy (non-hydrogen) atoms. The van der Waals surface area contributed by atoms with E-state index >= 15 is 0 Å². The lowest BCUT2D eigenvalue weighted by Gasteiger charge is -2.25. The lowest BCUT2D eigenvalue weighted by molar-refractivity contribution is 0.301. The van der Waals surface area contributed by atoms with Crippen molar-refractivity contribution in [2.75, 3.05) is 38.1 Å². The summed E-state index contributed by atoms with van der Waals surface area (Å²) in [5, 5.41) is 0. The van der Waals surface area contributed by atoms with Gasteiger partial charge in [0.15, 0.2) is 0 Å². The van der Waals surface area contributed by atoms with E-state index in [0.29, 0.717) is 0 Å². The molecule has 0 saturated carbocycles. The van der Waals surface area contributed by atoms with E-state index in [9.17, 15) is 0 Å². The van der Waals surface area contributed by atoms with Crippen molar-refractivity contribution in [3.8, 4) is 0 Å². The van der Waals surface area contributed by atoms with Gasteiger partial charge in [0.25, 0.3) is 0 Å². The van der Waals surface area contributed by atoms with Crippen LogP contribution in [0.5, 0.6) is 0 Å². The Hall–Kier alpha value is -0.320. The topological polar surface area (TPSA) is 6.48 Å². The minimum atomic E-state index is 0.878. The molecule has 0 unspecified atom stereocenters. The van der Waals surface area contributed by atoms with Crippen LogP contribution in [0.3, 0.4) is 0 Å².